The molecule has 1 aliphatic carbocycles. The van der Waals surface area contributed by atoms with Crippen LogP contribution in [0.4, 0.5) is 0 Å². The fourth-order valence-corrected chi connectivity index (χ4v) is 4.66. The van der Waals surface area contributed by atoms with Crippen LogP contribution in [0.2, 0.25) is 0 Å². The molecule has 0 spiro atoms. The highest BCUT2D eigenvalue weighted by Gasteiger charge is 2.40. The van der Waals surface area contributed by atoms with E-state index in [0.29, 0.717) is 29.4 Å². The Morgan fingerprint density at radius 2 is 1.37 bits per heavy atom. The van der Waals surface area contributed by atoms with E-state index in [1.807, 2.05) is 13.8 Å². The molecule has 3 N–H and O–H groups in total. The molecule has 0 aliphatic heterocycles. The van der Waals surface area contributed by atoms with E-state index in [-0.39, 0.29) is 32.0 Å². The van der Waals surface area contributed by atoms with Gasteiger partial charge >= 0.3 is 35.0 Å². The first kappa shape index (κ1) is 40.2. The highest BCUT2D eigenvalue weighted by molar-refractivity contribution is 5.86. The van der Waals surface area contributed by atoms with E-state index in [1.54, 1.807) is 13.8 Å². The maximum Gasteiger partial charge on any atom is 0.336 e. The van der Waals surface area contributed by atoms with Gasteiger partial charge in [0.25, 0.3) is 0 Å². The van der Waals surface area contributed by atoms with E-state index in [9.17, 15) is 39.0 Å². The summed E-state index contributed by atoms with van der Waals surface area (Å²) in [5, 5.41) is 29.4. The Balaban J connectivity index is 0.000000818. The predicted molar refractivity (Wildman–Crippen MR) is 167 cm³/mol. The lowest BCUT2D eigenvalue weighted by Crippen LogP contribution is -2.56. The first-order chi connectivity index (χ1) is 21.6. The van der Waals surface area contributed by atoms with Gasteiger partial charge in [0, 0.05) is 5.57 Å². The molecule has 0 saturated heterocycles. The number of allylic oxidation sites excluding steroid dienone is 1. The van der Waals surface area contributed by atoms with Gasteiger partial charge in [-0.25, -0.2) is 32.9 Å². The zero-order valence-corrected chi connectivity index (χ0v) is 27.4. The molecule has 15 nitrogen and oxygen atoms in total. The summed E-state index contributed by atoms with van der Waals surface area (Å²) in [5.41, 5.74) is -2.50. The van der Waals surface area contributed by atoms with Crippen LogP contribution in [-0.2, 0) is 48.2 Å². The van der Waals surface area contributed by atoms with Gasteiger partial charge in [-0.15, -0.1) is 6.58 Å². The van der Waals surface area contributed by atoms with E-state index in [2.05, 4.69) is 17.9 Å². The Morgan fingerprint density at radius 3 is 1.87 bits per heavy atom. The van der Waals surface area contributed by atoms with Crippen molar-refractivity contribution in [1.82, 2.24) is 13.7 Å². The normalized spacial score (nSPS) is 19.4. The Bertz CT molecular complexity index is 1380. The maximum absolute atomic E-state index is 12.8. The van der Waals surface area contributed by atoms with Crippen LogP contribution in [0.3, 0.4) is 0 Å². The van der Waals surface area contributed by atoms with Crippen molar-refractivity contribution in [3.63, 3.8) is 0 Å². The molecule has 1 heterocycles. The number of aliphatic hydroxyl groups is 3. The summed E-state index contributed by atoms with van der Waals surface area (Å²) in [6, 6.07) is 0. The number of rotatable bonds is 15. The first-order valence-electron chi connectivity index (χ1n) is 15.3. The molecule has 15 heteroatoms. The second-order valence-electron chi connectivity index (χ2n) is 11.4. The lowest BCUT2D eigenvalue weighted by molar-refractivity contribution is -0.164. The first-order valence-corrected chi connectivity index (χ1v) is 15.3. The van der Waals surface area contributed by atoms with Crippen molar-refractivity contribution >= 4 is 17.9 Å². The largest absolute Gasteiger partial charge is 0.469 e. The molecule has 2 rings (SSSR count). The second kappa shape index (κ2) is 19.6. The van der Waals surface area contributed by atoms with Crippen LogP contribution in [0.5, 0.6) is 0 Å². The number of hydrogen-bond acceptors (Lipinski definition) is 12. The second-order valence-corrected chi connectivity index (χ2v) is 11.4. The zero-order valence-electron chi connectivity index (χ0n) is 27.4. The third-order valence-electron chi connectivity index (χ3n) is 7.52. The smallest absolute Gasteiger partial charge is 0.336 e. The number of aliphatic hydroxyl groups excluding tert-OH is 3. The molecule has 260 valence electrons. The minimum atomic E-state index is -1.44. The number of carbonyl (C=O) groups is 3. The summed E-state index contributed by atoms with van der Waals surface area (Å²) in [5.74, 6) is -2.71. The Hall–Kier alpha value is -3.82. The van der Waals surface area contributed by atoms with Crippen molar-refractivity contribution < 1.29 is 43.9 Å². The number of hydrogen-bond donors (Lipinski definition) is 3. The molecule has 1 saturated carbocycles. The topological polar surface area (TPSA) is 206 Å². The number of aromatic nitrogens is 3. The van der Waals surface area contributed by atoms with Crippen molar-refractivity contribution in [2.75, 3.05) is 20.3 Å². The Labute approximate surface area is 267 Å². The van der Waals surface area contributed by atoms with Crippen LogP contribution >= 0.6 is 0 Å². The van der Waals surface area contributed by atoms with Crippen LogP contribution in [0.25, 0.3) is 0 Å². The third-order valence-corrected chi connectivity index (χ3v) is 7.52. The lowest BCUT2D eigenvalue weighted by atomic mass is 9.74. The van der Waals surface area contributed by atoms with Gasteiger partial charge in [0.05, 0.1) is 50.8 Å². The molecule has 0 amide bonds. The SMILES string of the molecule is C=C(C)C(=O)OCC(O)CC.C=CCn1c(=O)n(CC(O)CC)c(=O)n(CC(O)COC(=O)C2CCC(C)CC2C(=O)OC)c1=O. The minimum Gasteiger partial charge on any atom is -0.469 e. The van der Waals surface area contributed by atoms with Crippen LogP contribution < -0.4 is 17.1 Å². The number of carbonyl (C=O) groups excluding carboxylic acids is 3. The predicted octanol–water partition coefficient (Wildman–Crippen LogP) is 0.135. The molecule has 0 radical (unpaired) electrons. The van der Waals surface area contributed by atoms with Crippen molar-refractivity contribution in [3.05, 3.63) is 56.3 Å². The molecule has 1 fully saturated rings. The van der Waals surface area contributed by atoms with Gasteiger partial charge < -0.3 is 29.5 Å². The Kier molecular flexibility index (Phi) is 17.2. The summed E-state index contributed by atoms with van der Waals surface area (Å²) in [6.07, 6.45) is 0.834. The van der Waals surface area contributed by atoms with Gasteiger partial charge in [-0.2, -0.15) is 0 Å². The van der Waals surface area contributed by atoms with E-state index < -0.39 is 78.3 Å². The summed E-state index contributed by atoms with van der Waals surface area (Å²) in [4.78, 5) is 73.7. The number of nitrogens with zero attached hydrogens (tertiary/aromatic N) is 3. The molecule has 6 unspecified atom stereocenters. The molecule has 1 aromatic rings. The molecule has 0 bridgehead atoms. The summed E-state index contributed by atoms with van der Waals surface area (Å²) in [7, 11) is 1.25. The van der Waals surface area contributed by atoms with Crippen molar-refractivity contribution in [1.29, 1.82) is 0 Å². The zero-order chi connectivity index (χ0) is 35.1. The minimum absolute atomic E-state index is 0.0577. The van der Waals surface area contributed by atoms with Crippen molar-refractivity contribution in [2.45, 2.75) is 97.7 Å². The highest BCUT2D eigenvalue weighted by atomic mass is 16.5. The average molecular weight is 656 g/mol. The van der Waals surface area contributed by atoms with Crippen LogP contribution in [-0.4, -0.2) is 85.6 Å². The monoisotopic (exact) mass is 655 g/mol. The van der Waals surface area contributed by atoms with Crippen LogP contribution in [0.1, 0.15) is 59.8 Å². The Morgan fingerprint density at radius 1 is 0.848 bits per heavy atom. The van der Waals surface area contributed by atoms with E-state index in [4.69, 9.17) is 14.6 Å². The quantitative estimate of drug-likeness (QED) is 0.0999. The lowest BCUT2D eigenvalue weighted by Gasteiger charge is -2.31. The third kappa shape index (κ3) is 11.8. The van der Waals surface area contributed by atoms with Gasteiger partial charge in [0.2, 0.25) is 0 Å². The number of methoxy groups -OCH3 is 1. The summed E-state index contributed by atoms with van der Waals surface area (Å²) >= 11 is 0. The average Bonchev–Trinajstić information content (AvgIpc) is 3.04. The molecular weight excluding hydrogens is 606 g/mol. The molecule has 1 aliphatic rings. The van der Waals surface area contributed by atoms with Gasteiger partial charge in [0.15, 0.2) is 0 Å². The number of esters is 3. The summed E-state index contributed by atoms with van der Waals surface area (Å²) < 4.78 is 16.8. The van der Waals surface area contributed by atoms with E-state index in [1.165, 1.54) is 13.2 Å². The van der Waals surface area contributed by atoms with Crippen molar-refractivity contribution in [2.24, 2.45) is 17.8 Å². The van der Waals surface area contributed by atoms with Gasteiger partial charge in [0.1, 0.15) is 19.3 Å². The molecular formula is C31H49N3O12. The van der Waals surface area contributed by atoms with Gasteiger partial charge in [-0.05, 0) is 44.9 Å². The fourth-order valence-electron chi connectivity index (χ4n) is 4.66. The molecule has 46 heavy (non-hydrogen) atoms. The van der Waals surface area contributed by atoms with E-state index >= 15 is 0 Å². The molecule has 0 aromatic carbocycles. The van der Waals surface area contributed by atoms with Crippen LogP contribution in [0.15, 0.2) is 39.2 Å². The molecule has 6 atom stereocenters. The van der Waals surface area contributed by atoms with Crippen molar-refractivity contribution in [3.8, 4) is 0 Å². The number of ether oxygens (including phenoxy) is 3. The molecule has 1 aromatic heterocycles. The van der Waals surface area contributed by atoms with Gasteiger partial charge in [-0.1, -0.05) is 33.4 Å². The summed E-state index contributed by atoms with van der Waals surface area (Å²) in [6.45, 7) is 12.4. The van der Waals surface area contributed by atoms with Crippen LogP contribution in [0, 0.1) is 17.8 Å². The standard InChI is InChI=1S/C23H35N3O9.C8H14O3/c1-5-9-24-21(31)25(11-15(27)6-2)23(33)26(22(24)32)12-16(28)13-35-20(30)17-8-7-14(3)10-18(17)19(29)34-4;1-4-7(9)5-11-8(10)6(2)3/h5,14-18,27-28H,1,6-13H2,2-4H3;7,9H,2,4-5H2,1,3H3. The van der Waals surface area contributed by atoms with Gasteiger partial charge in [-0.3, -0.25) is 9.59 Å². The van der Waals surface area contributed by atoms with E-state index in [0.717, 1.165) is 15.6 Å². The highest BCUT2D eigenvalue weighted by Crippen LogP contribution is 2.35. The maximum atomic E-state index is 12.8. The fraction of sp³-hybridized carbons (Fsp3) is 0.677.